The van der Waals surface area contributed by atoms with Gasteiger partial charge in [-0.25, -0.2) is 8.78 Å². The quantitative estimate of drug-likeness (QED) is 0.414. The number of alkyl halides is 2. The molecule has 1 N–H and O–H groups in total. The van der Waals surface area contributed by atoms with Gasteiger partial charge in [0.15, 0.2) is 23.1 Å². The molecule has 6 nitrogen and oxygen atoms in total. The van der Waals surface area contributed by atoms with E-state index in [0.717, 1.165) is 12.1 Å². The van der Waals surface area contributed by atoms with Gasteiger partial charge in [-0.2, -0.15) is 8.78 Å². The van der Waals surface area contributed by atoms with Crippen molar-refractivity contribution in [3.8, 4) is 11.5 Å². The number of oxime groups is 1. The van der Waals surface area contributed by atoms with Crippen LogP contribution in [0.4, 0.5) is 23.2 Å². The van der Waals surface area contributed by atoms with Gasteiger partial charge in [0.25, 0.3) is 5.91 Å². The Kier molecular flexibility index (Phi) is 7.19. The van der Waals surface area contributed by atoms with E-state index in [9.17, 15) is 22.4 Å². The summed E-state index contributed by atoms with van der Waals surface area (Å²) in [6, 6.07) is 6.99. The number of hydrogen-bond donors (Lipinski definition) is 1. The molecule has 1 atom stereocenters. The number of nitrogens with zero attached hydrogens (tertiary/aromatic N) is 1. The number of anilines is 1. The van der Waals surface area contributed by atoms with Crippen LogP contribution in [-0.4, -0.2) is 31.9 Å². The van der Waals surface area contributed by atoms with Crippen molar-refractivity contribution in [1.82, 2.24) is 0 Å². The second-order valence-electron chi connectivity index (χ2n) is 5.39. The lowest BCUT2D eigenvalue weighted by atomic mass is 10.2. The lowest BCUT2D eigenvalue weighted by Crippen LogP contribution is -2.26. The van der Waals surface area contributed by atoms with Gasteiger partial charge >= 0.3 is 6.61 Å². The van der Waals surface area contributed by atoms with Gasteiger partial charge in [0.05, 0.1) is 13.3 Å². The van der Waals surface area contributed by atoms with Crippen LogP contribution < -0.4 is 14.8 Å². The molecule has 2 aromatic rings. The minimum absolute atomic E-state index is 0.0580. The molecule has 2 aromatic carbocycles. The number of nitrogens with one attached hydrogen (secondary N) is 1. The van der Waals surface area contributed by atoms with Crippen molar-refractivity contribution in [2.45, 2.75) is 19.6 Å². The van der Waals surface area contributed by atoms with Gasteiger partial charge in [-0.1, -0.05) is 5.16 Å². The van der Waals surface area contributed by atoms with Gasteiger partial charge in [0, 0.05) is 17.3 Å². The number of benzene rings is 2. The predicted octanol–water partition coefficient (Wildman–Crippen LogP) is 3.95. The Morgan fingerprint density at radius 1 is 1.11 bits per heavy atom. The van der Waals surface area contributed by atoms with Crippen molar-refractivity contribution in [2.24, 2.45) is 5.16 Å². The molecule has 0 aromatic heterocycles. The van der Waals surface area contributed by atoms with Gasteiger partial charge < -0.3 is 19.6 Å². The fraction of sp³-hybridized carbons (Fsp3) is 0.222. The number of ether oxygens (including phenoxy) is 2. The SMILES string of the molecule is COc1cc(/C=N/OC(C)C(=O)Nc2ccc(F)c(F)c2)ccc1OC(F)F. The van der Waals surface area contributed by atoms with Crippen LogP contribution in [0.3, 0.4) is 0 Å². The number of amides is 1. The predicted molar refractivity (Wildman–Crippen MR) is 92.8 cm³/mol. The monoisotopic (exact) mass is 400 g/mol. The molecule has 0 aliphatic rings. The van der Waals surface area contributed by atoms with Crippen LogP contribution in [0.1, 0.15) is 12.5 Å². The summed E-state index contributed by atoms with van der Waals surface area (Å²) in [5, 5.41) is 5.99. The Balaban J connectivity index is 1.95. The van der Waals surface area contributed by atoms with E-state index in [0.29, 0.717) is 5.56 Å². The molecule has 0 spiro atoms. The van der Waals surface area contributed by atoms with Crippen molar-refractivity contribution >= 4 is 17.8 Å². The van der Waals surface area contributed by atoms with Crippen LogP contribution in [0, 0.1) is 11.6 Å². The van der Waals surface area contributed by atoms with Gasteiger partial charge in [-0.15, -0.1) is 0 Å². The Bertz CT molecular complexity index is 861. The molecule has 0 aliphatic carbocycles. The zero-order valence-electron chi connectivity index (χ0n) is 14.8. The van der Waals surface area contributed by atoms with Gasteiger partial charge in [0.1, 0.15) is 0 Å². The third kappa shape index (κ3) is 5.86. The van der Waals surface area contributed by atoms with E-state index in [2.05, 4.69) is 15.2 Å². The summed E-state index contributed by atoms with van der Waals surface area (Å²) in [4.78, 5) is 17.0. The molecular formula is C18H16F4N2O4. The molecule has 28 heavy (non-hydrogen) atoms. The first-order chi connectivity index (χ1) is 13.3. The third-order valence-corrected chi connectivity index (χ3v) is 3.38. The van der Waals surface area contributed by atoms with Crippen molar-refractivity contribution in [1.29, 1.82) is 0 Å². The topological polar surface area (TPSA) is 69.2 Å². The van der Waals surface area contributed by atoms with E-state index >= 15 is 0 Å². The van der Waals surface area contributed by atoms with Crippen LogP contribution >= 0.6 is 0 Å². The Labute approximate surface area is 157 Å². The molecule has 0 radical (unpaired) electrons. The number of methoxy groups -OCH3 is 1. The normalized spacial score (nSPS) is 12.1. The number of carbonyl (C=O) groups excluding carboxylic acids is 1. The Morgan fingerprint density at radius 3 is 2.50 bits per heavy atom. The molecule has 0 fully saturated rings. The Morgan fingerprint density at radius 2 is 1.86 bits per heavy atom. The van der Waals surface area contributed by atoms with E-state index in [1.807, 2.05) is 0 Å². The summed E-state index contributed by atoms with van der Waals surface area (Å²) in [5.74, 6) is -2.85. The number of rotatable bonds is 8. The maximum Gasteiger partial charge on any atom is 0.387 e. The number of halogens is 4. The average Bonchev–Trinajstić information content (AvgIpc) is 2.65. The summed E-state index contributed by atoms with van der Waals surface area (Å²) < 4.78 is 59.9. The van der Waals surface area contributed by atoms with Crippen LogP contribution in [0.25, 0.3) is 0 Å². The lowest BCUT2D eigenvalue weighted by molar-refractivity contribution is -0.126. The molecule has 10 heteroatoms. The molecule has 150 valence electrons. The third-order valence-electron chi connectivity index (χ3n) is 3.38. The summed E-state index contributed by atoms with van der Waals surface area (Å²) in [6.07, 6.45) is 0.184. The van der Waals surface area contributed by atoms with Crippen LogP contribution in [0.5, 0.6) is 11.5 Å². The van der Waals surface area contributed by atoms with Crippen molar-refractivity contribution < 1.29 is 36.7 Å². The maximum atomic E-state index is 13.1. The van der Waals surface area contributed by atoms with Crippen LogP contribution in [-0.2, 0) is 9.63 Å². The molecule has 1 unspecified atom stereocenters. The Hall–Kier alpha value is -3.30. The summed E-state index contributed by atoms with van der Waals surface area (Å²) in [7, 11) is 1.29. The van der Waals surface area contributed by atoms with E-state index in [1.54, 1.807) is 0 Å². The van der Waals surface area contributed by atoms with Crippen molar-refractivity contribution in [3.63, 3.8) is 0 Å². The first-order valence-electron chi connectivity index (χ1n) is 7.88. The van der Waals surface area contributed by atoms with E-state index in [-0.39, 0.29) is 17.2 Å². The van der Waals surface area contributed by atoms with Gasteiger partial charge in [-0.05, 0) is 37.3 Å². The molecule has 2 rings (SSSR count). The second-order valence-corrected chi connectivity index (χ2v) is 5.39. The van der Waals surface area contributed by atoms with E-state index in [4.69, 9.17) is 9.57 Å². The van der Waals surface area contributed by atoms with Gasteiger partial charge in [-0.3, -0.25) is 4.79 Å². The minimum atomic E-state index is -2.99. The highest BCUT2D eigenvalue weighted by Crippen LogP contribution is 2.28. The average molecular weight is 400 g/mol. The molecule has 0 heterocycles. The fourth-order valence-electron chi connectivity index (χ4n) is 2.01. The first-order valence-corrected chi connectivity index (χ1v) is 7.88. The largest absolute Gasteiger partial charge is 0.493 e. The smallest absolute Gasteiger partial charge is 0.387 e. The standard InChI is InChI=1S/C18H16F4N2O4/c1-10(17(25)24-12-4-5-13(19)14(20)8-12)28-23-9-11-3-6-15(27-18(21)22)16(7-11)26-2/h3-10,18H,1-2H3,(H,24,25)/b23-9+. The molecule has 0 saturated carbocycles. The van der Waals surface area contributed by atoms with Crippen LogP contribution in [0.15, 0.2) is 41.6 Å². The summed E-state index contributed by atoms with van der Waals surface area (Å²) in [6.45, 7) is -1.60. The van der Waals surface area contributed by atoms with Gasteiger partial charge in [0.2, 0.25) is 6.10 Å². The number of carbonyl (C=O) groups is 1. The molecule has 1 amide bonds. The maximum absolute atomic E-state index is 13.1. The highest BCUT2D eigenvalue weighted by molar-refractivity contribution is 5.94. The molecule has 0 saturated heterocycles. The first kappa shape index (κ1) is 21.0. The minimum Gasteiger partial charge on any atom is -0.493 e. The van der Waals surface area contributed by atoms with E-state index in [1.165, 1.54) is 44.5 Å². The highest BCUT2D eigenvalue weighted by atomic mass is 19.3. The zero-order valence-corrected chi connectivity index (χ0v) is 14.8. The summed E-state index contributed by atoms with van der Waals surface area (Å²) in [5.41, 5.74) is 0.495. The van der Waals surface area contributed by atoms with Crippen molar-refractivity contribution in [3.05, 3.63) is 53.6 Å². The highest BCUT2D eigenvalue weighted by Gasteiger charge is 2.15. The second kappa shape index (κ2) is 9.58. The van der Waals surface area contributed by atoms with Crippen molar-refractivity contribution in [2.75, 3.05) is 12.4 Å². The molecule has 0 aliphatic heterocycles. The number of hydrogen-bond acceptors (Lipinski definition) is 5. The molecular weight excluding hydrogens is 384 g/mol. The summed E-state index contributed by atoms with van der Waals surface area (Å²) >= 11 is 0. The lowest BCUT2D eigenvalue weighted by Gasteiger charge is -2.11. The van der Waals surface area contributed by atoms with E-state index < -0.39 is 30.3 Å². The molecule has 0 bridgehead atoms. The van der Waals surface area contributed by atoms with Crippen LogP contribution in [0.2, 0.25) is 0 Å². The zero-order chi connectivity index (χ0) is 20.7. The fourth-order valence-corrected chi connectivity index (χ4v) is 2.01.